The Morgan fingerprint density at radius 2 is 2.47 bits per heavy atom. The summed E-state index contributed by atoms with van der Waals surface area (Å²) in [5.41, 5.74) is 6.60. The van der Waals surface area contributed by atoms with Gasteiger partial charge in [0.25, 0.3) is 0 Å². The van der Waals surface area contributed by atoms with Gasteiger partial charge in [-0.3, -0.25) is 9.78 Å². The Bertz CT molecular complexity index is 391. The van der Waals surface area contributed by atoms with Crippen LogP contribution < -0.4 is 5.73 Å². The van der Waals surface area contributed by atoms with Crippen molar-refractivity contribution in [2.45, 2.75) is 19.4 Å². The second-order valence-electron chi connectivity index (χ2n) is 4.82. The van der Waals surface area contributed by atoms with Crippen molar-refractivity contribution in [1.29, 1.82) is 0 Å². The highest BCUT2D eigenvalue weighted by molar-refractivity contribution is 5.79. The van der Waals surface area contributed by atoms with Crippen LogP contribution in [0, 0.1) is 5.92 Å². The van der Waals surface area contributed by atoms with Gasteiger partial charge in [0, 0.05) is 32.1 Å². The number of aromatic nitrogens is 1. The zero-order chi connectivity index (χ0) is 13.5. The summed E-state index contributed by atoms with van der Waals surface area (Å²) in [5.74, 6) is 0.184. The smallest absolute Gasteiger partial charge is 0.228 e. The quantitative estimate of drug-likeness (QED) is 0.824. The summed E-state index contributed by atoms with van der Waals surface area (Å²) in [5, 5.41) is 0. The fourth-order valence-corrected chi connectivity index (χ4v) is 2.25. The fourth-order valence-electron chi connectivity index (χ4n) is 2.25. The minimum Gasteiger partial charge on any atom is -0.381 e. The lowest BCUT2D eigenvalue weighted by Crippen LogP contribution is -2.37. The number of nitrogens with two attached hydrogens (primary N) is 1. The normalized spacial score (nSPS) is 18.5. The van der Waals surface area contributed by atoms with Crippen molar-refractivity contribution in [1.82, 2.24) is 9.88 Å². The topological polar surface area (TPSA) is 68.5 Å². The molecule has 0 saturated carbocycles. The van der Waals surface area contributed by atoms with Gasteiger partial charge in [-0.15, -0.1) is 0 Å². The molecule has 1 saturated heterocycles. The summed E-state index contributed by atoms with van der Waals surface area (Å²) < 4.78 is 5.30. The molecule has 104 valence electrons. The van der Waals surface area contributed by atoms with Crippen LogP contribution in [0.4, 0.5) is 0 Å². The number of pyridine rings is 1. The predicted octanol–water partition coefficient (Wildman–Crippen LogP) is 0.795. The van der Waals surface area contributed by atoms with E-state index in [4.69, 9.17) is 10.5 Å². The van der Waals surface area contributed by atoms with Gasteiger partial charge >= 0.3 is 0 Å². The second kappa shape index (κ2) is 7.21. The molecule has 0 spiro atoms. The summed E-state index contributed by atoms with van der Waals surface area (Å²) in [7, 11) is 0. The van der Waals surface area contributed by atoms with E-state index in [9.17, 15) is 4.79 Å². The third-order valence-corrected chi connectivity index (χ3v) is 3.32. The minimum absolute atomic E-state index is 0.00875. The van der Waals surface area contributed by atoms with Crippen LogP contribution >= 0.6 is 0 Å². The molecule has 1 aliphatic heterocycles. The lowest BCUT2D eigenvalue weighted by Gasteiger charge is -2.25. The van der Waals surface area contributed by atoms with Gasteiger partial charge in [-0.25, -0.2) is 0 Å². The third-order valence-electron chi connectivity index (χ3n) is 3.32. The van der Waals surface area contributed by atoms with Gasteiger partial charge in [-0.2, -0.15) is 0 Å². The molecular weight excluding hydrogens is 242 g/mol. The van der Waals surface area contributed by atoms with Crippen molar-refractivity contribution in [3.8, 4) is 0 Å². The van der Waals surface area contributed by atoms with E-state index in [0.717, 1.165) is 18.4 Å². The molecule has 5 heteroatoms. The van der Waals surface area contributed by atoms with E-state index >= 15 is 0 Å². The maximum atomic E-state index is 12.4. The van der Waals surface area contributed by atoms with Crippen molar-refractivity contribution in [3.63, 3.8) is 0 Å². The van der Waals surface area contributed by atoms with E-state index in [1.165, 1.54) is 0 Å². The highest BCUT2D eigenvalue weighted by Gasteiger charge is 2.27. The van der Waals surface area contributed by atoms with Crippen molar-refractivity contribution >= 4 is 5.91 Å². The number of hydrogen-bond acceptors (Lipinski definition) is 4. The molecule has 1 fully saturated rings. The maximum Gasteiger partial charge on any atom is 0.228 e. The minimum atomic E-state index is 0.00875. The van der Waals surface area contributed by atoms with Gasteiger partial charge < -0.3 is 15.4 Å². The average molecular weight is 263 g/mol. The summed E-state index contributed by atoms with van der Waals surface area (Å²) in [4.78, 5) is 18.4. The number of ether oxygens (including phenoxy) is 1. The molecule has 0 aliphatic carbocycles. The predicted molar refractivity (Wildman–Crippen MR) is 72.3 cm³/mol. The highest BCUT2D eigenvalue weighted by Crippen LogP contribution is 2.17. The summed E-state index contributed by atoms with van der Waals surface area (Å²) in [6.45, 7) is 3.13. The molecule has 0 aromatic carbocycles. The van der Waals surface area contributed by atoms with Crippen LogP contribution in [-0.2, 0) is 16.1 Å². The monoisotopic (exact) mass is 263 g/mol. The molecule has 2 rings (SSSR count). The zero-order valence-electron chi connectivity index (χ0n) is 11.1. The molecule has 1 aromatic rings. The first-order chi connectivity index (χ1) is 9.31. The molecule has 0 bridgehead atoms. The van der Waals surface area contributed by atoms with Gasteiger partial charge in [-0.05, 0) is 31.0 Å². The first-order valence-corrected chi connectivity index (χ1v) is 6.76. The second-order valence-corrected chi connectivity index (χ2v) is 4.82. The summed E-state index contributed by atoms with van der Waals surface area (Å²) in [6, 6.07) is 3.88. The molecular formula is C14H21N3O2. The molecule has 1 unspecified atom stereocenters. The van der Waals surface area contributed by atoms with Crippen LogP contribution in [0.15, 0.2) is 24.5 Å². The Morgan fingerprint density at radius 1 is 1.58 bits per heavy atom. The van der Waals surface area contributed by atoms with E-state index in [2.05, 4.69) is 4.98 Å². The number of carbonyl (C=O) groups excluding carboxylic acids is 1. The fraction of sp³-hybridized carbons (Fsp3) is 0.571. The molecule has 1 amide bonds. The molecule has 2 N–H and O–H groups in total. The lowest BCUT2D eigenvalue weighted by atomic mass is 10.1. The molecule has 1 atom stereocenters. The van der Waals surface area contributed by atoms with Gasteiger partial charge in [0.15, 0.2) is 0 Å². The van der Waals surface area contributed by atoms with E-state index in [1.807, 2.05) is 17.0 Å². The molecule has 1 aliphatic rings. The van der Waals surface area contributed by atoms with Crippen LogP contribution in [0.1, 0.15) is 18.4 Å². The SMILES string of the molecule is NCCCN(Cc1cccnc1)C(=O)C1CCOC1. The maximum absolute atomic E-state index is 12.4. The van der Waals surface area contributed by atoms with Crippen LogP contribution in [-0.4, -0.2) is 42.1 Å². The molecule has 0 radical (unpaired) electrons. The first kappa shape index (κ1) is 14.0. The molecule has 19 heavy (non-hydrogen) atoms. The Hall–Kier alpha value is -1.46. The van der Waals surface area contributed by atoms with Crippen molar-refractivity contribution in [2.75, 3.05) is 26.3 Å². The Morgan fingerprint density at radius 3 is 3.11 bits per heavy atom. The number of carbonyl (C=O) groups is 1. The van der Waals surface area contributed by atoms with Gasteiger partial charge in [0.2, 0.25) is 5.91 Å². The Labute approximate surface area is 113 Å². The van der Waals surface area contributed by atoms with E-state index < -0.39 is 0 Å². The summed E-state index contributed by atoms with van der Waals surface area (Å²) in [6.07, 6.45) is 5.18. The standard InChI is InChI=1S/C14H21N3O2/c15-5-2-7-17(10-12-3-1-6-16-9-12)14(18)13-4-8-19-11-13/h1,3,6,9,13H,2,4-5,7-8,10-11,15H2. The largest absolute Gasteiger partial charge is 0.381 e. The van der Waals surface area contributed by atoms with Crippen molar-refractivity contribution in [3.05, 3.63) is 30.1 Å². The number of amides is 1. The highest BCUT2D eigenvalue weighted by atomic mass is 16.5. The Kier molecular flexibility index (Phi) is 5.30. The molecule has 5 nitrogen and oxygen atoms in total. The molecule has 2 heterocycles. The lowest BCUT2D eigenvalue weighted by molar-refractivity contribution is -0.136. The third kappa shape index (κ3) is 4.01. The van der Waals surface area contributed by atoms with Gasteiger partial charge in [0.05, 0.1) is 12.5 Å². The van der Waals surface area contributed by atoms with Crippen molar-refractivity contribution in [2.24, 2.45) is 11.7 Å². The first-order valence-electron chi connectivity index (χ1n) is 6.76. The Balaban J connectivity index is 2.00. The van der Waals surface area contributed by atoms with E-state index in [1.54, 1.807) is 12.4 Å². The summed E-state index contributed by atoms with van der Waals surface area (Å²) >= 11 is 0. The zero-order valence-corrected chi connectivity index (χ0v) is 11.1. The van der Waals surface area contributed by atoms with E-state index in [0.29, 0.717) is 32.8 Å². The molecule has 1 aromatic heterocycles. The number of rotatable bonds is 6. The average Bonchev–Trinajstić information content (AvgIpc) is 2.98. The number of nitrogens with zero attached hydrogens (tertiary/aromatic N) is 2. The van der Waals surface area contributed by atoms with Crippen LogP contribution in [0.2, 0.25) is 0 Å². The van der Waals surface area contributed by atoms with Crippen LogP contribution in [0.25, 0.3) is 0 Å². The van der Waals surface area contributed by atoms with Crippen LogP contribution in [0.3, 0.4) is 0 Å². The van der Waals surface area contributed by atoms with Gasteiger partial charge in [-0.1, -0.05) is 6.07 Å². The van der Waals surface area contributed by atoms with Crippen LogP contribution in [0.5, 0.6) is 0 Å². The van der Waals surface area contributed by atoms with Gasteiger partial charge in [0.1, 0.15) is 0 Å². The van der Waals surface area contributed by atoms with E-state index in [-0.39, 0.29) is 11.8 Å². The van der Waals surface area contributed by atoms with Crippen molar-refractivity contribution < 1.29 is 9.53 Å². The number of hydrogen-bond donors (Lipinski definition) is 1.